The molecule has 0 fully saturated rings. The number of ether oxygens (including phenoxy) is 3. The van der Waals surface area contributed by atoms with Gasteiger partial charge >= 0.3 is 5.97 Å². The zero-order valence-corrected chi connectivity index (χ0v) is 19.0. The number of nitrogens with zero attached hydrogens (tertiary/aromatic N) is 3. The number of carbonyl (C=O) groups is 1. The van der Waals surface area contributed by atoms with E-state index in [1.807, 2.05) is 29.8 Å². The lowest BCUT2D eigenvalue weighted by atomic mass is 10.2. The zero-order chi connectivity index (χ0) is 22.0. The molecule has 0 aliphatic heterocycles. The summed E-state index contributed by atoms with van der Waals surface area (Å²) in [7, 11) is 3.24. The van der Waals surface area contributed by atoms with Crippen LogP contribution in [0.5, 0.6) is 17.4 Å². The first-order valence-corrected chi connectivity index (χ1v) is 10.4. The molecular weight excluding hydrogens is 486 g/mol. The summed E-state index contributed by atoms with van der Waals surface area (Å²) in [6.45, 7) is 0.232. The van der Waals surface area contributed by atoms with Gasteiger partial charge in [-0.3, -0.25) is 0 Å². The normalized spacial score (nSPS) is 10.8. The van der Waals surface area contributed by atoms with Crippen molar-refractivity contribution in [1.29, 1.82) is 0 Å². The lowest BCUT2D eigenvalue weighted by Gasteiger charge is -2.08. The number of aromatic nitrogens is 3. The second-order valence-electron chi connectivity index (χ2n) is 6.59. The van der Waals surface area contributed by atoms with Crippen LogP contribution in [0.1, 0.15) is 16.2 Å². The fourth-order valence-corrected chi connectivity index (χ4v) is 3.70. The Morgan fingerprint density at radius 1 is 1.16 bits per heavy atom. The largest absolute Gasteiger partial charge is 0.486 e. The van der Waals surface area contributed by atoms with Crippen molar-refractivity contribution in [3.05, 3.63) is 75.6 Å². The summed E-state index contributed by atoms with van der Waals surface area (Å²) in [4.78, 5) is 20.5. The van der Waals surface area contributed by atoms with Crippen molar-refractivity contribution in [3.63, 3.8) is 0 Å². The third kappa shape index (κ3) is 4.65. The predicted molar refractivity (Wildman–Crippen MR) is 120 cm³/mol. The van der Waals surface area contributed by atoms with Gasteiger partial charge in [-0.25, -0.2) is 14.8 Å². The Morgan fingerprint density at radius 2 is 2.00 bits per heavy atom. The minimum Gasteiger partial charge on any atom is -0.486 e. The average Bonchev–Trinajstić information content (AvgIpc) is 3.09. The number of esters is 1. The number of carbonyl (C=O) groups excluding carboxylic acids is 1. The molecule has 0 aliphatic carbocycles. The molecule has 9 heteroatoms. The molecule has 2 aromatic heterocycles. The van der Waals surface area contributed by atoms with Crippen molar-refractivity contribution < 1.29 is 19.0 Å². The Bertz CT molecular complexity index is 1280. The molecule has 0 spiro atoms. The number of hydrogen-bond acceptors (Lipinski definition) is 6. The van der Waals surface area contributed by atoms with E-state index < -0.39 is 5.97 Å². The van der Waals surface area contributed by atoms with E-state index in [1.165, 1.54) is 13.3 Å². The van der Waals surface area contributed by atoms with Crippen LogP contribution in [0.15, 0.2) is 59.2 Å². The minimum atomic E-state index is -0.414. The molecule has 0 saturated carbocycles. The van der Waals surface area contributed by atoms with Crippen LogP contribution in [-0.4, -0.2) is 27.6 Å². The van der Waals surface area contributed by atoms with Gasteiger partial charge in [-0.2, -0.15) is 0 Å². The van der Waals surface area contributed by atoms with Crippen molar-refractivity contribution in [2.24, 2.45) is 7.05 Å². The molecule has 0 radical (unpaired) electrons. The molecule has 0 atom stereocenters. The number of imidazole rings is 1. The number of methoxy groups -OCH3 is 1. The van der Waals surface area contributed by atoms with E-state index in [4.69, 9.17) is 25.8 Å². The topological polar surface area (TPSA) is 75.5 Å². The van der Waals surface area contributed by atoms with Crippen LogP contribution in [0.4, 0.5) is 0 Å². The summed E-state index contributed by atoms with van der Waals surface area (Å²) in [6, 6.07) is 14.1. The van der Waals surface area contributed by atoms with Gasteiger partial charge in [0.2, 0.25) is 5.88 Å². The smallest absolute Gasteiger partial charge is 0.337 e. The van der Waals surface area contributed by atoms with Gasteiger partial charge in [-0.05, 0) is 52.3 Å². The highest BCUT2D eigenvalue weighted by molar-refractivity contribution is 9.10. The Morgan fingerprint density at radius 3 is 2.77 bits per heavy atom. The lowest BCUT2D eigenvalue weighted by molar-refractivity contribution is 0.0600. The van der Waals surface area contributed by atoms with Crippen LogP contribution in [0.3, 0.4) is 0 Å². The molecule has 0 bridgehead atoms. The monoisotopic (exact) mass is 501 g/mol. The van der Waals surface area contributed by atoms with E-state index in [-0.39, 0.29) is 6.61 Å². The molecule has 31 heavy (non-hydrogen) atoms. The maximum atomic E-state index is 11.7. The van der Waals surface area contributed by atoms with Crippen molar-refractivity contribution in [2.75, 3.05) is 7.11 Å². The standard InChI is InChI=1S/C22H17BrClN3O4/c1-27-19-10-16(31-21-17(23)9-14(24)11-25-21)6-7-18(19)26-20(27)12-30-15-5-3-4-13(8-15)22(28)29-2/h3-11H,12H2,1-2H3. The predicted octanol–water partition coefficient (Wildman–Crippen LogP) is 5.54. The second-order valence-corrected chi connectivity index (χ2v) is 7.88. The van der Waals surface area contributed by atoms with E-state index in [1.54, 1.807) is 30.3 Å². The number of aryl methyl sites for hydroxylation is 1. The van der Waals surface area contributed by atoms with Gasteiger partial charge in [0.25, 0.3) is 0 Å². The quantitative estimate of drug-likeness (QED) is 0.322. The summed E-state index contributed by atoms with van der Waals surface area (Å²) in [5.74, 6) is 1.89. The number of benzene rings is 2. The first-order valence-electron chi connectivity index (χ1n) is 9.20. The summed E-state index contributed by atoms with van der Waals surface area (Å²) < 4.78 is 19.0. The van der Waals surface area contributed by atoms with Gasteiger partial charge in [0.05, 0.1) is 33.2 Å². The average molecular weight is 503 g/mol. The van der Waals surface area contributed by atoms with Gasteiger partial charge in [0.1, 0.15) is 23.9 Å². The van der Waals surface area contributed by atoms with Gasteiger partial charge in [-0.1, -0.05) is 17.7 Å². The highest BCUT2D eigenvalue weighted by Crippen LogP contribution is 2.31. The third-order valence-corrected chi connectivity index (χ3v) is 5.33. The van der Waals surface area contributed by atoms with Crippen LogP contribution in [0.2, 0.25) is 5.02 Å². The first kappa shape index (κ1) is 21.1. The van der Waals surface area contributed by atoms with Crippen LogP contribution in [0.25, 0.3) is 11.0 Å². The molecule has 7 nitrogen and oxygen atoms in total. The fourth-order valence-electron chi connectivity index (χ4n) is 2.98. The molecule has 2 heterocycles. The van der Waals surface area contributed by atoms with Gasteiger partial charge in [0, 0.05) is 19.3 Å². The number of fused-ring (bicyclic) bond motifs is 1. The Balaban J connectivity index is 1.53. The summed E-state index contributed by atoms with van der Waals surface area (Å²) >= 11 is 9.33. The summed E-state index contributed by atoms with van der Waals surface area (Å²) in [6.07, 6.45) is 1.52. The number of hydrogen-bond donors (Lipinski definition) is 0. The Hall–Kier alpha value is -3.10. The highest BCUT2D eigenvalue weighted by atomic mass is 79.9. The maximum absolute atomic E-state index is 11.7. The van der Waals surface area contributed by atoms with E-state index in [9.17, 15) is 4.79 Å². The molecule has 0 aliphatic rings. The highest BCUT2D eigenvalue weighted by Gasteiger charge is 2.12. The van der Waals surface area contributed by atoms with E-state index in [2.05, 4.69) is 25.9 Å². The lowest BCUT2D eigenvalue weighted by Crippen LogP contribution is -2.05. The number of rotatable bonds is 6. The van der Waals surface area contributed by atoms with E-state index in [0.29, 0.717) is 32.4 Å². The molecule has 0 unspecified atom stereocenters. The molecule has 4 aromatic rings. The molecule has 158 valence electrons. The summed E-state index contributed by atoms with van der Waals surface area (Å²) in [5.41, 5.74) is 2.11. The van der Waals surface area contributed by atoms with Gasteiger partial charge in [0.15, 0.2) is 0 Å². The second kappa shape index (κ2) is 8.95. The molecule has 0 amide bonds. The van der Waals surface area contributed by atoms with E-state index in [0.717, 1.165) is 16.9 Å². The maximum Gasteiger partial charge on any atom is 0.337 e. The van der Waals surface area contributed by atoms with Crippen LogP contribution < -0.4 is 9.47 Å². The summed E-state index contributed by atoms with van der Waals surface area (Å²) in [5, 5.41) is 0.517. The number of halogens is 2. The number of pyridine rings is 1. The molecular formula is C22H17BrClN3O4. The minimum absolute atomic E-state index is 0.232. The van der Waals surface area contributed by atoms with Crippen LogP contribution in [0, 0.1) is 0 Å². The van der Waals surface area contributed by atoms with Gasteiger partial charge < -0.3 is 18.8 Å². The third-order valence-electron chi connectivity index (χ3n) is 4.56. The molecule has 0 N–H and O–H groups in total. The van der Waals surface area contributed by atoms with Crippen molar-refractivity contribution in [2.45, 2.75) is 6.61 Å². The Labute approximate surface area is 191 Å². The van der Waals surface area contributed by atoms with E-state index >= 15 is 0 Å². The molecule has 4 rings (SSSR count). The SMILES string of the molecule is COC(=O)c1cccc(OCc2nc3ccc(Oc4ncc(Cl)cc4Br)cc3n2C)c1. The Kier molecular flexibility index (Phi) is 6.11. The zero-order valence-electron chi connectivity index (χ0n) is 16.6. The first-order chi connectivity index (χ1) is 14.9. The van der Waals surface area contributed by atoms with Crippen molar-refractivity contribution in [3.8, 4) is 17.4 Å². The van der Waals surface area contributed by atoms with Crippen LogP contribution >= 0.6 is 27.5 Å². The fraction of sp³-hybridized carbons (Fsp3) is 0.136. The van der Waals surface area contributed by atoms with Gasteiger partial charge in [-0.15, -0.1) is 0 Å². The van der Waals surface area contributed by atoms with Crippen molar-refractivity contribution >= 4 is 44.5 Å². The van der Waals surface area contributed by atoms with Crippen molar-refractivity contribution in [1.82, 2.24) is 14.5 Å². The molecule has 2 aromatic carbocycles. The molecule has 0 saturated heterocycles. The van der Waals surface area contributed by atoms with Crippen LogP contribution in [-0.2, 0) is 18.4 Å².